The second-order valence-corrected chi connectivity index (χ2v) is 8.10. The monoisotopic (exact) mass is 469 g/mol. The Morgan fingerprint density at radius 3 is 2.82 bits per heavy atom. The van der Waals surface area contributed by atoms with Gasteiger partial charge >= 0.3 is 0 Å². The van der Waals surface area contributed by atoms with Crippen molar-refractivity contribution in [2.45, 2.75) is 12.5 Å². The molecule has 34 heavy (non-hydrogen) atoms. The van der Waals surface area contributed by atoms with Crippen molar-refractivity contribution in [3.05, 3.63) is 60.4 Å². The Morgan fingerprint density at radius 1 is 1.24 bits per heavy atom. The molecular formula is C24H25F2N5O3. The molecule has 10 heteroatoms. The molecule has 8 nitrogen and oxygen atoms in total. The summed E-state index contributed by atoms with van der Waals surface area (Å²) in [6, 6.07) is 6.88. The van der Waals surface area contributed by atoms with Gasteiger partial charge in [0.15, 0.2) is 11.6 Å². The smallest absolute Gasteiger partial charge is 0.248 e. The molecule has 3 aromatic rings. The van der Waals surface area contributed by atoms with Crippen molar-refractivity contribution < 1.29 is 23.0 Å². The molecule has 0 bridgehead atoms. The van der Waals surface area contributed by atoms with E-state index in [1.54, 1.807) is 18.2 Å². The van der Waals surface area contributed by atoms with E-state index < -0.39 is 11.6 Å². The minimum absolute atomic E-state index is 0.140. The molecule has 0 unspecified atom stereocenters. The average molecular weight is 469 g/mol. The number of likely N-dealkylation sites (N-methyl/N-ethyl adjacent to an activating group) is 1. The predicted octanol–water partition coefficient (Wildman–Crippen LogP) is 3.88. The zero-order valence-electron chi connectivity index (χ0n) is 18.8. The van der Waals surface area contributed by atoms with E-state index in [1.165, 1.54) is 18.5 Å². The lowest BCUT2D eigenvalue weighted by Crippen LogP contribution is -2.18. The summed E-state index contributed by atoms with van der Waals surface area (Å²) in [4.78, 5) is 23.0. The van der Waals surface area contributed by atoms with Gasteiger partial charge in [-0.3, -0.25) is 4.79 Å². The van der Waals surface area contributed by atoms with Gasteiger partial charge in [0.05, 0.1) is 24.4 Å². The molecule has 1 atom stereocenters. The van der Waals surface area contributed by atoms with Crippen molar-refractivity contribution in [2.75, 3.05) is 44.5 Å². The SMILES string of the molecule is CN(C)C/C=C/C(=O)Nc1cc2c(Nc3ccc(F)c(F)c3)ncnc2cc1O[C@H]1CCOC1. The summed E-state index contributed by atoms with van der Waals surface area (Å²) in [7, 11) is 3.81. The predicted molar refractivity (Wildman–Crippen MR) is 125 cm³/mol. The van der Waals surface area contributed by atoms with E-state index >= 15 is 0 Å². The molecule has 1 saturated heterocycles. The molecule has 0 aliphatic carbocycles. The van der Waals surface area contributed by atoms with Gasteiger partial charge in [0.1, 0.15) is 24.0 Å². The maximum absolute atomic E-state index is 13.7. The summed E-state index contributed by atoms with van der Waals surface area (Å²) in [5.74, 6) is -1.42. The normalized spacial score (nSPS) is 15.9. The summed E-state index contributed by atoms with van der Waals surface area (Å²) in [6.07, 6.45) is 5.16. The largest absolute Gasteiger partial charge is 0.486 e. The number of fused-ring (bicyclic) bond motifs is 1. The fourth-order valence-electron chi connectivity index (χ4n) is 3.42. The number of benzene rings is 2. The second kappa shape index (κ2) is 10.5. The summed E-state index contributed by atoms with van der Waals surface area (Å²) in [6.45, 7) is 1.68. The summed E-state index contributed by atoms with van der Waals surface area (Å²) in [5.41, 5.74) is 1.30. The number of ether oxygens (including phenoxy) is 2. The van der Waals surface area contributed by atoms with Gasteiger partial charge in [-0.05, 0) is 32.3 Å². The van der Waals surface area contributed by atoms with Crippen LogP contribution in [-0.4, -0.2) is 60.7 Å². The lowest BCUT2D eigenvalue weighted by atomic mass is 10.1. The Balaban J connectivity index is 1.68. The quantitative estimate of drug-likeness (QED) is 0.484. The molecule has 1 aliphatic rings. The topological polar surface area (TPSA) is 88.6 Å². The highest BCUT2D eigenvalue weighted by atomic mass is 19.2. The van der Waals surface area contributed by atoms with Crippen molar-refractivity contribution in [1.82, 2.24) is 14.9 Å². The third-order valence-electron chi connectivity index (χ3n) is 5.10. The molecule has 1 fully saturated rings. The molecule has 178 valence electrons. The van der Waals surface area contributed by atoms with Gasteiger partial charge < -0.3 is 25.0 Å². The molecule has 4 rings (SSSR count). The first-order chi connectivity index (χ1) is 16.4. The first-order valence-corrected chi connectivity index (χ1v) is 10.8. The third-order valence-corrected chi connectivity index (χ3v) is 5.10. The van der Waals surface area contributed by atoms with Gasteiger partial charge in [0, 0.05) is 42.2 Å². The number of rotatable bonds is 8. The van der Waals surface area contributed by atoms with Crippen LogP contribution < -0.4 is 15.4 Å². The Hall–Kier alpha value is -3.63. The highest BCUT2D eigenvalue weighted by molar-refractivity contribution is 6.03. The number of nitrogens with one attached hydrogen (secondary N) is 2. The van der Waals surface area contributed by atoms with Gasteiger partial charge in [-0.15, -0.1) is 0 Å². The number of halogens is 2. The van der Waals surface area contributed by atoms with Gasteiger partial charge in [-0.2, -0.15) is 0 Å². The van der Waals surface area contributed by atoms with Crippen LogP contribution >= 0.6 is 0 Å². The van der Waals surface area contributed by atoms with Gasteiger partial charge in [-0.25, -0.2) is 18.7 Å². The minimum atomic E-state index is -0.977. The first-order valence-electron chi connectivity index (χ1n) is 10.8. The number of carbonyl (C=O) groups is 1. The Morgan fingerprint density at radius 2 is 2.09 bits per heavy atom. The highest BCUT2D eigenvalue weighted by Gasteiger charge is 2.20. The molecular weight excluding hydrogens is 444 g/mol. The van der Waals surface area contributed by atoms with Crippen LogP contribution in [0.15, 0.2) is 48.8 Å². The van der Waals surface area contributed by atoms with Crippen LogP contribution in [0.4, 0.5) is 26.0 Å². The van der Waals surface area contributed by atoms with Crippen LogP contribution in [0.1, 0.15) is 6.42 Å². The van der Waals surface area contributed by atoms with Gasteiger partial charge in [0.2, 0.25) is 5.91 Å². The molecule has 2 N–H and O–H groups in total. The summed E-state index contributed by atoms with van der Waals surface area (Å²) in [5, 5.41) is 6.40. The van der Waals surface area contributed by atoms with Gasteiger partial charge in [-0.1, -0.05) is 6.08 Å². The number of anilines is 3. The average Bonchev–Trinajstić information content (AvgIpc) is 3.30. The fourth-order valence-corrected chi connectivity index (χ4v) is 3.42. The summed E-state index contributed by atoms with van der Waals surface area (Å²) >= 11 is 0. The lowest BCUT2D eigenvalue weighted by molar-refractivity contribution is -0.111. The van der Waals surface area contributed by atoms with E-state index in [4.69, 9.17) is 9.47 Å². The Bertz CT molecular complexity index is 1210. The van der Waals surface area contributed by atoms with Crippen molar-refractivity contribution in [1.29, 1.82) is 0 Å². The van der Waals surface area contributed by atoms with Crippen LogP contribution in [0, 0.1) is 11.6 Å². The number of aromatic nitrogens is 2. The number of carbonyl (C=O) groups excluding carboxylic acids is 1. The standard InChI is InChI=1S/C24H25F2N5O3/c1-31(2)8-3-4-23(32)30-21-11-17-20(12-22(21)34-16-7-9-33-13-16)27-14-28-24(17)29-15-5-6-18(25)19(26)10-15/h3-6,10-12,14,16H,7-9,13H2,1-2H3,(H,30,32)(H,27,28,29)/b4-3+/t16-/m0/s1. The van der Waals surface area contributed by atoms with E-state index in [0.29, 0.717) is 53.6 Å². The number of amides is 1. The van der Waals surface area contributed by atoms with Crippen LogP contribution in [0.25, 0.3) is 10.9 Å². The van der Waals surface area contributed by atoms with Gasteiger partial charge in [0.25, 0.3) is 0 Å². The number of nitrogens with zero attached hydrogens (tertiary/aromatic N) is 3. The lowest BCUT2D eigenvalue weighted by Gasteiger charge is -2.17. The van der Waals surface area contributed by atoms with E-state index in [2.05, 4.69) is 20.6 Å². The zero-order valence-corrected chi connectivity index (χ0v) is 18.8. The maximum Gasteiger partial charge on any atom is 0.248 e. The van der Waals surface area contributed by atoms with Crippen molar-refractivity contribution in [3.63, 3.8) is 0 Å². The maximum atomic E-state index is 13.7. The Kier molecular flexibility index (Phi) is 7.29. The van der Waals surface area contributed by atoms with E-state index in [1.807, 2.05) is 19.0 Å². The summed E-state index contributed by atoms with van der Waals surface area (Å²) < 4.78 is 38.5. The van der Waals surface area contributed by atoms with E-state index in [0.717, 1.165) is 18.6 Å². The highest BCUT2D eigenvalue weighted by Crippen LogP contribution is 2.34. The van der Waals surface area contributed by atoms with Crippen LogP contribution in [-0.2, 0) is 9.53 Å². The molecule has 0 spiro atoms. The van der Waals surface area contributed by atoms with Crippen LogP contribution in [0.2, 0.25) is 0 Å². The second-order valence-electron chi connectivity index (χ2n) is 8.10. The molecule has 2 aromatic carbocycles. The minimum Gasteiger partial charge on any atom is -0.486 e. The van der Waals surface area contributed by atoms with Crippen molar-refractivity contribution >= 4 is 34.0 Å². The molecule has 0 radical (unpaired) electrons. The molecule has 1 amide bonds. The third kappa shape index (κ3) is 5.83. The van der Waals surface area contributed by atoms with E-state index in [9.17, 15) is 13.6 Å². The number of hydrogen-bond donors (Lipinski definition) is 2. The fraction of sp³-hybridized carbons (Fsp3) is 0.292. The van der Waals surface area contributed by atoms with Crippen LogP contribution in [0.5, 0.6) is 5.75 Å². The first kappa shape index (κ1) is 23.5. The Labute approximate surface area is 195 Å². The van der Waals surface area contributed by atoms with Crippen LogP contribution in [0.3, 0.4) is 0 Å². The van der Waals surface area contributed by atoms with Crippen molar-refractivity contribution in [3.8, 4) is 5.75 Å². The molecule has 1 aromatic heterocycles. The molecule has 1 aliphatic heterocycles. The van der Waals surface area contributed by atoms with Crippen molar-refractivity contribution in [2.24, 2.45) is 0 Å². The van der Waals surface area contributed by atoms with E-state index in [-0.39, 0.29) is 12.0 Å². The molecule has 0 saturated carbocycles. The number of hydrogen-bond acceptors (Lipinski definition) is 7. The zero-order chi connectivity index (χ0) is 24.1. The molecule has 2 heterocycles.